The van der Waals surface area contributed by atoms with Gasteiger partial charge in [0.1, 0.15) is 6.61 Å². The van der Waals surface area contributed by atoms with Crippen molar-refractivity contribution in [3.8, 4) is 0 Å². The molecule has 1 amide bonds. The summed E-state index contributed by atoms with van der Waals surface area (Å²) in [4.78, 5) is 11.5. The van der Waals surface area contributed by atoms with Crippen molar-refractivity contribution >= 4 is 6.09 Å². The fourth-order valence-electron chi connectivity index (χ4n) is 1.29. The molecule has 17 heavy (non-hydrogen) atoms. The summed E-state index contributed by atoms with van der Waals surface area (Å²) in [6.07, 6.45) is 1.41. The van der Waals surface area contributed by atoms with Crippen LogP contribution in [0.25, 0.3) is 0 Å². The largest absolute Gasteiger partial charge is 0.445 e. The molecule has 0 fully saturated rings. The minimum Gasteiger partial charge on any atom is -0.445 e. The zero-order chi connectivity index (χ0) is 12.7. The van der Waals surface area contributed by atoms with E-state index in [2.05, 4.69) is 11.9 Å². The van der Waals surface area contributed by atoms with Gasteiger partial charge in [-0.25, -0.2) is 4.79 Å². The van der Waals surface area contributed by atoms with E-state index in [1.54, 1.807) is 0 Å². The van der Waals surface area contributed by atoms with Crippen LogP contribution in [-0.2, 0) is 11.3 Å². The van der Waals surface area contributed by atoms with E-state index in [1.165, 1.54) is 0 Å². The lowest BCUT2D eigenvalue weighted by molar-refractivity contribution is 0.134. The van der Waals surface area contributed by atoms with Gasteiger partial charge in [0.25, 0.3) is 0 Å². The van der Waals surface area contributed by atoms with E-state index in [4.69, 9.17) is 4.74 Å². The van der Waals surface area contributed by atoms with Gasteiger partial charge in [-0.05, 0) is 18.4 Å². The van der Waals surface area contributed by atoms with Crippen LogP contribution in [-0.4, -0.2) is 12.1 Å². The minimum atomic E-state index is -0.393. The first-order valence-corrected chi connectivity index (χ1v) is 5.73. The number of nitrogens with one attached hydrogen (secondary N) is 1. The maximum Gasteiger partial charge on any atom is 0.407 e. The molecule has 0 aromatic heterocycles. The van der Waals surface area contributed by atoms with Crippen LogP contribution in [0, 0.1) is 5.92 Å². The highest BCUT2D eigenvalue weighted by molar-refractivity contribution is 5.67. The van der Waals surface area contributed by atoms with Crippen LogP contribution >= 0.6 is 0 Å². The molecule has 0 radical (unpaired) electrons. The Morgan fingerprint density at radius 2 is 2.06 bits per heavy atom. The van der Waals surface area contributed by atoms with E-state index in [-0.39, 0.29) is 12.0 Å². The predicted molar refractivity (Wildman–Crippen MR) is 68.6 cm³/mol. The summed E-state index contributed by atoms with van der Waals surface area (Å²) < 4.78 is 5.11. The monoisotopic (exact) mass is 233 g/mol. The first kappa shape index (κ1) is 13.3. The van der Waals surface area contributed by atoms with Crippen molar-refractivity contribution < 1.29 is 9.53 Å². The molecule has 0 aliphatic heterocycles. The van der Waals surface area contributed by atoms with E-state index >= 15 is 0 Å². The molecule has 1 aromatic carbocycles. The number of ether oxygens (including phenoxy) is 1. The van der Waals surface area contributed by atoms with Crippen molar-refractivity contribution in [1.29, 1.82) is 0 Å². The predicted octanol–water partition coefficient (Wildman–Crippen LogP) is 3.12. The van der Waals surface area contributed by atoms with E-state index < -0.39 is 6.09 Å². The highest BCUT2D eigenvalue weighted by atomic mass is 16.5. The van der Waals surface area contributed by atoms with Crippen molar-refractivity contribution in [3.05, 3.63) is 48.6 Å². The van der Waals surface area contributed by atoms with Gasteiger partial charge in [-0.2, -0.15) is 0 Å². The van der Waals surface area contributed by atoms with Gasteiger partial charge in [0, 0.05) is 6.04 Å². The Labute approximate surface area is 102 Å². The molecule has 1 aromatic rings. The normalized spacial score (nSPS) is 13.5. The van der Waals surface area contributed by atoms with Gasteiger partial charge in [0.05, 0.1) is 0 Å². The summed E-state index contributed by atoms with van der Waals surface area (Å²) in [5.74, 6) is 0.222. The van der Waals surface area contributed by atoms with E-state index in [9.17, 15) is 4.79 Å². The molecule has 1 unspecified atom stereocenters. The first-order chi connectivity index (χ1) is 8.13. The van der Waals surface area contributed by atoms with Crippen molar-refractivity contribution in [2.45, 2.75) is 26.5 Å². The van der Waals surface area contributed by atoms with Gasteiger partial charge in [-0.15, -0.1) is 6.58 Å². The molecule has 0 aliphatic carbocycles. The minimum absolute atomic E-state index is 0.0239. The summed E-state index contributed by atoms with van der Waals surface area (Å²) >= 11 is 0. The smallest absolute Gasteiger partial charge is 0.407 e. The number of hydrogen-bond acceptors (Lipinski definition) is 2. The highest BCUT2D eigenvalue weighted by Gasteiger charge is 2.12. The number of carbonyl (C=O) groups excluding carboxylic acids is 1. The van der Waals surface area contributed by atoms with E-state index in [0.717, 1.165) is 5.56 Å². The lowest BCUT2D eigenvalue weighted by Crippen LogP contribution is -2.36. The average molecular weight is 233 g/mol. The number of benzene rings is 1. The van der Waals surface area contributed by atoms with Crippen molar-refractivity contribution in [2.75, 3.05) is 0 Å². The van der Waals surface area contributed by atoms with Crippen molar-refractivity contribution in [1.82, 2.24) is 5.32 Å². The number of rotatable bonds is 5. The molecule has 1 N–H and O–H groups in total. The van der Waals surface area contributed by atoms with Crippen LogP contribution in [0.5, 0.6) is 0 Å². The molecule has 92 valence electrons. The van der Waals surface area contributed by atoms with Gasteiger partial charge in [-0.3, -0.25) is 0 Å². The quantitative estimate of drug-likeness (QED) is 0.793. The molecule has 0 aliphatic rings. The molecule has 3 nitrogen and oxygen atoms in total. The summed E-state index contributed by atoms with van der Waals surface area (Å²) in [5, 5.41) is 2.77. The van der Waals surface area contributed by atoms with Crippen LogP contribution in [0.3, 0.4) is 0 Å². The van der Waals surface area contributed by atoms with Crippen molar-refractivity contribution in [2.24, 2.45) is 5.92 Å². The Bertz CT molecular complexity index is 362. The lowest BCUT2D eigenvalue weighted by atomic mass is 10.1. The Kier molecular flexibility index (Phi) is 5.27. The summed E-state index contributed by atoms with van der Waals surface area (Å²) in [6, 6.07) is 9.62. The third-order valence-corrected chi connectivity index (χ3v) is 2.72. The number of alkyl carbamates (subject to hydrolysis) is 1. The van der Waals surface area contributed by atoms with Crippen LogP contribution in [0.1, 0.15) is 19.4 Å². The maximum absolute atomic E-state index is 11.5. The molecule has 2 atom stereocenters. The second-order valence-corrected chi connectivity index (χ2v) is 4.09. The first-order valence-electron chi connectivity index (χ1n) is 5.73. The molecular formula is C14H19NO2. The zero-order valence-corrected chi connectivity index (χ0v) is 10.3. The summed E-state index contributed by atoms with van der Waals surface area (Å²) in [5.41, 5.74) is 0.979. The Morgan fingerprint density at radius 3 is 2.65 bits per heavy atom. The second-order valence-electron chi connectivity index (χ2n) is 4.09. The SMILES string of the molecule is C=C[C@@H](C)C(C)NC(=O)OCc1ccccc1. The van der Waals surface area contributed by atoms with Gasteiger partial charge >= 0.3 is 6.09 Å². The molecule has 3 heteroatoms. The molecule has 0 spiro atoms. The third-order valence-electron chi connectivity index (χ3n) is 2.72. The summed E-state index contributed by atoms with van der Waals surface area (Å²) in [7, 11) is 0. The fraction of sp³-hybridized carbons (Fsp3) is 0.357. The van der Waals surface area contributed by atoms with Gasteiger partial charge in [0.15, 0.2) is 0 Å². The van der Waals surface area contributed by atoms with E-state index in [1.807, 2.05) is 50.3 Å². The average Bonchev–Trinajstić information content (AvgIpc) is 2.36. The van der Waals surface area contributed by atoms with Crippen LogP contribution in [0.4, 0.5) is 4.79 Å². The Balaban J connectivity index is 2.33. The number of carbonyl (C=O) groups is 1. The molecule has 1 rings (SSSR count). The lowest BCUT2D eigenvalue weighted by Gasteiger charge is -2.17. The van der Waals surface area contributed by atoms with Gasteiger partial charge in [0.2, 0.25) is 0 Å². The topological polar surface area (TPSA) is 38.3 Å². The second kappa shape index (κ2) is 6.74. The fourth-order valence-corrected chi connectivity index (χ4v) is 1.29. The highest BCUT2D eigenvalue weighted by Crippen LogP contribution is 2.04. The number of amides is 1. The zero-order valence-electron chi connectivity index (χ0n) is 10.3. The molecule has 0 saturated carbocycles. The Hall–Kier alpha value is -1.77. The van der Waals surface area contributed by atoms with Gasteiger partial charge < -0.3 is 10.1 Å². The van der Waals surface area contributed by atoms with E-state index in [0.29, 0.717) is 6.61 Å². The Morgan fingerprint density at radius 1 is 1.41 bits per heavy atom. The van der Waals surface area contributed by atoms with Crippen LogP contribution < -0.4 is 5.32 Å². The van der Waals surface area contributed by atoms with Crippen LogP contribution in [0.15, 0.2) is 43.0 Å². The molecule has 0 bridgehead atoms. The van der Waals surface area contributed by atoms with Gasteiger partial charge in [-0.1, -0.05) is 43.3 Å². The standard InChI is InChI=1S/C14H19NO2/c1-4-11(2)12(3)15-14(16)17-10-13-8-6-5-7-9-13/h4-9,11-12H,1,10H2,2-3H3,(H,15,16)/t11-,12?/m1/s1. The third kappa shape index (κ3) is 4.72. The molecule has 0 saturated heterocycles. The molecule has 0 heterocycles. The molecular weight excluding hydrogens is 214 g/mol. The summed E-state index contributed by atoms with van der Waals surface area (Å²) in [6.45, 7) is 7.91. The maximum atomic E-state index is 11.5. The van der Waals surface area contributed by atoms with Crippen LogP contribution in [0.2, 0.25) is 0 Å². The number of hydrogen-bond donors (Lipinski definition) is 1. The van der Waals surface area contributed by atoms with Crippen molar-refractivity contribution in [3.63, 3.8) is 0 Å².